The number of quaternary nitrogens is 1. The molecule has 5 atom stereocenters. The zero-order valence-corrected chi connectivity index (χ0v) is 21.2. The summed E-state index contributed by atoms with van der Waals surface area (Å²) >= 11 is 0. The minimum absolute atomic E-state index is 0. The number of carbonyl (C=O) groups is 2. The Morgan fingerprint density at radius 1 is 1.31 bits per heavy atom. The second kappa shape index (κ2) is 7.15. The molecule has 1 unspecified atom stereocenters. The highest BCUT2D eigenvalue weighted by Gasteiger charge is 2.76. The predicted molar refractivity (Wildman–Crippen MR) is 113 cm³/mol. The first-order valence-corrected chi connectivity index (χ1v) is 11.8. The van der Waals surface area contributed by atoms with Crippen molar-refractivity contribution >= 4 is 11.8 Å². The Labute approximate surface area is 206 Å². The van der Waals surface area contributed by atoms with Crippen LogP contribution < -0.4 is 33.5 Å². The second-order valence-electron chi connectivity index (χ2n) is 11.2. The lowest BCUT2D eigenvalue weighted by Crippen LogP contribution is -3.00. The van der Waals surface area contributed by atoms with E-state index >= 15 is 0 Å². The molecule has 7 heteroatoms. The van der Waals surface area contributed by atoms with Gasteiger partial charge in [-0.15, -0.1) is 0 Å². The molecule has 3 fully saturated rings. The maximum atomic E-state index is 13.1. The largest absolute Gasteiger partial charge is 1.00 e. The van der Waals surface area contributed by atoms with Crippen LogP contribution in [0.25, 0.3) is 0 Å². The van der Waals surface area contributed by atoms with Crippen molar-refractivity contribution in [2.24, 2.45) is 11.8 Å². The Morgan fingerprint density at radius 2 is 2.06 bits per heavy atom. The lowest BCUT2D eigenvalue weighted by atomic mass is 9.48. The lowest BCUT2D eigenvalue weighted by molar-refractivity contribution is -0.950. The molecule has 2 heterocycles. The lowest BCUT2D eigenvalue weighted by Gasteiger charge is -2.64. The fourth-order valence-electron chi connectivity index (χ4n) is 7.23. The van der Waals surface area contributed by atoms with Gasteiger partial charge in [-0.3, -0.25) is 9.59 Å². The Kier molecular flexibility index (Phi) is 5.05. The van der Waals surface area contributed by atoms with Gasteiger partial charge >= 0.3 is 5.97 Å². The normalized spacial score (nSPS) is 38.6. The number of likely N-dealkylation sites (tertiary alicyclic amines) is 1. The van der Waals surface area contributed by atoms with E-state index in [4.69, 9.17) is 9.47 Å². The molecule has 1 aromatic carbocycles. The van der Waals surface area contributed by atoms with E-state index in [1.165, 1.54) is 12.8 Å². The highest BCUT2D eigenvalue weighted by atomic mass is 127. The topological polar surface area (TPSA) is 72.8 Å². The van der Waals surface area contributed by atoms with Gasteiger partial charge < -0.3 is 43.0 Å². The molecule has 0 radical (unpaired) electrons. The van der Waals surface area contributed by atoms with Gasteiger partial charge in [-0.05, 0) is 30.9 Å². The van der Waals surface area contributed by atoms with Crippen LogP contribution in [-0.4, -0.2) is 59.2 Å². The number of Topliss-reactive ketones (excluding diaryl/α,β-unsaturated/α-hetero) is 1. The van der Waals surface area contributed by atoms with Gasteiger partial charge in [0.1, 0.15) is 11.6 Å². The molecule has 1 aromatic rings. The molecule has 1 N–H and O–H groups in total. The molecule has 2 aliphatic heterocycles. The smallest absolute Gasteiger partial charge is 0.313 e. The van der Waals surface area contributed by atoms with Crippen LogP contribution in [0.1, 0.15) is 57.1 Å². The zero-order chi connectivity index (χ0) is 21.8. The SMILES string of the molecule is CC(C)C(=O)Oc1ccc2c3c1O[C@H]1C(=O)CC[C@@]4(O)[C@@H](C2)[N+](C)(CC2CC2)CC[C@]314.[I-]. The number of hydrogen-bond acceptors (Lipinski definition) is 5. The number of carbonyl (C=O) groups excluding carboxylic acids is 2. The molecule has 174 valence electrons. The number of nitrogens with zero attached hydrogens (tertiary/aromatic N) is 1. The standard InChI is InChI=1S/C25H32NO5.HI/c1-14(2)23(28)30-18-7-6-16-12-19-25(29)9-8-17(27)22-24(25,20(16)21(18)31-22)10-11-26(19,3)13-15-4-5-15;/h6-7,14-15,19,22,29H,4-5,8-13H2,1-3H3;1H/q+1;/p-1/t19-,22+,24+,25-,26?;/m1./s1. The molecule has 3 aliphatic carbocycles. The van der Waals surface area contributed by atoms with Crippen LogP contribution in [0.3, 0.4) is 0 Å². The fraction of sp³-hybridized carbons (Fsp3) is 0.680. The van der Waals surface area contributed by atoms with Crippen LogP contribution in [0.15, 0.2) is 12.1 Å². The minimum Gasteiger partial charge on any atom is -1.00 e. The third-order valence-corrected chi connectivity index (χ3v) is 8.94. The van der Waals surface area contributed by atoms with Gasteiger partial charge in [-0.25, -0.2) is 0 Å². The van der Waals surface area contributed by atoms with Crippen molar-refractivity contribution in [2.45, 2.75) is 75.5 Å². The Bertz CT molecular complexity index is 1010. The number of rotatable bonds is 4. The maximum Gasteiger partial charge on any atom is 0.313 e. The van der Waals surface area contributed by atoms with Crippen LogP contribution in [0.5, 0.6) is 11.5 Å². The summed E-state index contributed by atoms with van der Waals surface area (Å²) in [6.45, 7) is 5.64. The average Bonchev–Trinajstić information content (AvgIpc) is 3.44. The van der Waals surface area contributed by atoms with Crippen LogP contribution in [0.4, 0.5) is 0 Å². The summed E-state index contributed by atoms with van der Waals surface area (Å²) in [6, 6.07) is 3.91. The van der Waals surface area contributed by atoms with Gasteiger partial charge in [0.2, 0.25) is 0 Å². The molecule has 1 saturated heterocycles. The zero-order valence-electron chi connectivity index (χ0n) is 19.0. The van der Waals surface area contributed by atoms with Crippen molar-refractivity contribution in [2.75, 3.05) is 20.1 Å². The summed E-state index contributed by atoms with van der Waals surface area (Å²) in [5, 5.41) is 12.4. The quantitative estimate of drug-likeness (QED) is 0.237. The number of piperidine rings is 1. The molecule has 2 bridgehead atoms. The maximum absolute atomic E-state index is 13.1. The van der Waals surface area contributed by atoms with Crippen LogP contribution in [0.2, 0.25) is 0 Å². The number of esters is 1. The van der Waals surface area contributed by atoms with E-state index in [1.807, 2.05) is 12.1 Å². The third-order valence-electron chi connectivity index (χ3n) is 8.94. The van der Waals surface area contributed by atoms with Gasteiger partial charge in [-0.1, -0.05) is 19.9 Å². The van der Waals surface area contributed by atoms with E-state index in [2.05, 4.69) is 7.05 Å². The summed E-state index contributed by atoms with van der Waals surface area (Å²) in [7, 11) is 2.31. The van der Waals surface area contributed by atoms with Gasteiger partial charge in [0.25, 0.3) is 0 Å². The first-order chi connectivity index (χ1) is 14.7. The Balaban J connectivity index is 0.00000216. The summed E-state index contributed by atoms with van der Waals surface area (Å²) < 4.78 is 12.9. The van der Waals surface area contributed by atoms with Gasteiger partial charge in [0, 0.05) is 30.7 Å². The molecule has 0 amide bonds. The molecule has 6 nitrogen and oxygen atoms in total. The van der Waals surface area contributed by atoms with Gasteiger partial charge in [-0.2, -0.15) is 0 Å². The van der Waals surface area contributed by atoms with Gasteiger partial charge in [0.05, 0.1) is 31.5 Å². The monoisotopic (exact) mass is 553 g/mol. The number of halogens is 1. The number of likely N-dealkylation sites (N-methyl/N-ethyl adjacent to an activating group) is 1. The fourth-order valence-corrected chi connectivity index (χ4v) is 7.23. The van der Waals surface area contributed by atoms with Crippen molar-refractivity contribution in [1.29, 1.82) is 0 Å². The highest BCUT2D eigenvalue weighted by Crippen LogP contribution is 2.66. The Morgan fingerprint density at radius 3 is 2.75 bits per heavy atom. The number of hydrogen-bond donors (Lipinski definition) is 1. The van der Waals surface area contributed by atoms with Crippen molar-refractivity contribution in [3.05, 3.63) is 23.3 Å². The first-order valence-electron chi connectivity index (χ1n) is 11.8. The summed E-state index contributed by atoms with van der Waals surface area (Å²) in [4.78, 5) is 25.4. The number of ketones is 1. The van der Waals surface area contributed by atoms with Crippen LogP contribution in [-0.2, 0) is 21.4 Å². The average molecular weight is 553 g/mol. The second-order valence-corrected chi connectivity index (χ2v) is 11.2. The van der Waals surface area contributed by atoms with Crippen LogP contribution >= 0.6 is 0 Å². The van der Waals surface area contributed by atoms with E-state index in [-0.39, 0.29) is 47.7 Å². The first kappa shape index (κ1) is 22.6. The number of benzene rings is 1. The molecule has 6 rings (SSSR count). The minimum atomic E-state index is -0.980. The van der Waals surface area contributed by atoms with E-state index < -0.39 is 17.1 Å². The van der Waals surface area contributed by atoms with E-state index in [0.717, 1.165) is 47.5 Å². The number of ether oxygens (including phenoxy) is 2. The summed E-state index contributed by atoms with van der Waals surface area (Å²) in [5.74, 6) is 1.14. The van der Waals surface area contributed by atoms with E-state index in [1.54, 1.807) is 13.8 Å². The van der Waals surface area contributed by atoms with Crippen molar-refractivity contribution in [1.82, 2.24) is 0 Å². The molecular weight excluding hydrogens is 521 g/mol. The molecule has 32 heavy (non-hydrogen) atoms. The van der Waals surface area contributed by atoms with Crippen molar-refractivity contribution < 1.29 is 52.6 Å². The van der Waals surface area contributed by atoms with E-state index in [9.17, 15) is 14.7 Å². The molecule has 2 saturated carbocycles. The van der Waals surface area contributed by atoms with Crippen molar-refractivity contribution in [3.63, 3.8) is 0 Å². The van der Waals surface area contributed by atoms with Crippen LogP contribution in [0, 0.1) is 11.8 Å². The van der Waals surface area contributed by atoms with Gasteiger partial charge in [0.15, 0.2) is 23.4 Å². The molecular formula is C25H32INO5. The Hall–Kier alpha value is -1.19. The van der Waals surface area contributed by atoms with E-state index in [0.29, 0.717) is 24.3 Å². The highest BCUT2D eigenvalue weighted by molar-refractivity contribution is 5.90. The predicted octanol–water partition coefficient (Wildman–Crippen LogP) is -0.470. The summed E-state index contributed by atoms with van der Waals surface area (Å²) in [5.41, 5.74) is 0.381. The molecule has 1 spiro atoms. The summed E-state index contributed by atoms with van der Waals surface area (Å²) in [6.07, 6.45) is 4.22. The number of aliphatic hydroxyl groups is 1. The molecule has 5 aliphatic rings. The van der Waals surface area contributed by atoms with Crippen molar-refractivity contribution in [3.8, 4) is 11.5 Å². The molecule has 0 aromatic heterocycles. The third kappa shape index (κ3) is 2.76.